The molecule has 6 heteroatoms. The fourth-order valence-electron chi connectivity index (χ4n) is 4.25. The molecule has 0 radical (unpaired) electrons. The fourth-order valence-corrected chi connectivity index (χ4v) is 4.25. The zero-order valence-corrected chi connectivity index (χ0v) is 16.7. The van der Waals surface area contributed by atoms with Gasteiger partial charge in [-0.3, -0.25) is 14.7 Å². The predicted molar refractivity (Wildman–Crippen MR) is 104 cm³/mol. The van der Waals surface area contributed by atoms with Crippen molar-refractivity contribution in [2.45, 2.75) is 46.5 Å². The van der Waals surface area contributed by atoms with Gasteiger partial charge in [-0.1, -0.05) is 20.3 Å². The number of aliphatic imine (C=N–C) groups is 1. The van der Waals surface area contributed by atoms with Crippen molar-refractivity contribution >= 4 is 11.9 Å². The lowest BCUT2D eigenvalue weighted by atomic mass is 9.78. The summed E-state index contributed by atoms with van der Waals surface area (Å²) in [6.45, 7) is 14.1. The van der Waals surface area contributed by atoms with E-state index >= 15 is 0 Å². The van der Waals surface area contributed by atoms with Crippen molar-refractivity contribution in [3.8, 4) is 0 Å². The summed E-state index contributed by atoms with van der Waals surface area (Å²) in [5.74, 6) is 1.24. The zero-order chi connectivity index (χ0) is 18.3. The van der Waals surface area contributed by atoms with Crippen LogP contribution in [-0.4, -0.2) is 86.0 Å². The molecule has 25 heavy (non-hydrogen) atoms. The van der Waals surface area contributed by atoms with Crippen molar-refractivity contribution in [3.05, 3.63) is 0 Å². The molecule has 0 spiro atoms. The Labute approximate surface area is 153 Å². The van der Waals surface area contributed by atoms with E-state index in [1.165, 1.54) is 25.7 Å². The Kier molecular flexibility index (Phi) is 7.54. The van der Waals surface area contributed by atoms with Gasteiger partial charge in [-0.2, -0.15) is 0 Å². The summed E-state index contributed by atoms with van der Waals surface area (Å²) in [7, 11) is 1.89. The summed E-state index contributed by atoms with van der Waals surface area (Å²) in [5, 5.41) is 3.55. The predicted octanol–water partition coefficient (Wildman–Crippen LogP) is 1.63. The van der Waals surface area contributed by atoms with Gasteiger partial charge in [0.2, 0.25) is 5.91 Å². The fraction of sp³-hybridized carbons (Fsp3) is 0.895. The van der Waals surface area contributed by atoms with Gasteiger partial charge in [-0.25, -0.2) is 0 Å². The van der Waals surface area contributed by atoms with E-state index in [-0.39, 0.29) is 5.91 Å². The minimum absolute atomic E-state index is 0.193. The lowest BCUT2D eigenvalue weighted by molar-refractivity contribution is -0.130. The third-order valence-electron chi connectivity index (χ3n) is 5.67. The second-order valence-electron chi connectivity index (χ2n) is 7.91. The van der Waals surface area contributed by atoms with Crippen LogP contribution in [0.1, 0.15) is 46.5 Å². The van der Waals surface area contributed by atoms with Crippen molar-refractivity contribution in [2.24, 2.45) is 10.4 Å². The minimum Gasteiger partial charge on any atom is -0.355 e. The van der Waals surface area contributed by atoms with Gasteiger partial charge in [-0.05, 0) is 24.7 Å². The molecule has 1 atom stereocenters. The molecule has 0 aromatic rings. The normalized spacial score (nSPS) is 26.0. The third-order valence-corrected chi connectivity index (χ3v) is 5.67. The average Bonchev–Trinajstić information content (AvgIpc) is 2.59. The summed E-state index contributed by atoms with van der Waals surface area (Å²) in [6.07, 6.45) is 5.13. The van der Waals surface area contributed by atoms with Gasteiger partial charge in [-0.15, -0.1) is 0 Å². The molecule has 1 amide bonds. The molecule has 2 fully saturated rings. The molecule has 0 bridgehead atoms. The van der Waals surface area contributed by atoms with E-state index in [9.17, 15) is 4.79 Å². The molecule has 2 aliphatic rings. The highest BCUT2D eigenvalue weighted by Gasteiger charge is 2.31. The Morgan fingerprint density at radius 2 is 1.88 bits per heavy atom. The van der Waals surface area contributed by atoms with E-state index < -0.39 is 0 Å². The SMILES string of the molecule is CCCC1(C)CCCN(C(=NC)NCCN2CCN(C(C)=O)CC2)C1. The molecule has 0 aliphatic carbocycles. The van der Waals surface area contributed by atoms with Crippen LogP contribution in [0.15, 0.2) is 4.99 Å². The van der Waals surface area contributed by atoms with Gasteiger partial charge >= 0.3 is 0 Å². The summed E-state index contributed by atoms with van der Waals surface area (Å²) >= 11 is 0. The summed E-state index contributed by atoms with van der Waals surface area (Å²) in [4.78, 5) is 22.7. The first-order chi connectivity index (χ1) is 12.0. The van der Waals surface area contributed by atoms with Crippen LogP contribution in [0.5, 0.6) is 0 Å². The Balaban J connectivity index is 1.74. The van der Waals surface area contributed by atoms with Gasteiger partial charge in [0.05, 0.1) is 0 Å². The number of hydrogen-bond donors (Lipinski definition) is 1. The van der Waals surface area contributed by atoms with Crippen LogP contribution < -0.4 is 5.32 Å². The quantitative estimate of drug-likeness (QED) is 0.604. The van der Waals surface area contributed by atoms with E-state index in [1.54, 1.807) is 6.92 Å². The average molecular weight is 352 g/mol. The Morgan fingerprint density at radius 1 is 1.16 bits per heavy atom. The standard InChI is InChI=1S/C19H37N5O/c1-5-7-19(3)8-6-10-24(16-19)18(20-4)21-9-11-22-12-14-23(15-13-22)17(2)25/h5-16H2,1-4H3,(H,20,21). The van der Waals surface area contributed by atoms with Crippen LogP contribution in [0.4, 0.5) is 0 Å². The van der Waals surface area contributed by atoms with Crippen LogP contribution in [0, 0.1) is 5.41 Å². The second kappa shape index (κ2) is 9.41. The van der Waals surface area contributed by atoms with Crippen molar-refractivity contribution in [1.29, 1.82) is 0 Å². The van der Waals surface area contributed by atoms with Gasteiger partial charge in [0.15, 0.2) is 5.96 Å². The minimum atomic E-state index is 0.193. The van der Waals surface area contributed by atoms with Crippen LogP contribution in [-0.2, 0) is 4.79 Å². The summed E-state index contributed by atoms with van der Waals surface area (Å²) in [6, 6.07) is 0. The highest BCUT2D eigenvalue weighted by Crippen LogP contribution is 2.33. The maximum Gasteiger partial charge on any atom is 0.219 e. The molecule has 1 unspecified atom stereocenters. The smallest absolute Gasteiger partial charge is 0.219 e. The van der Waals surface area contributed by atoms with Crippen LogP contribution in [0.3, 0.4) is 0 Å². The number of amides is 1. The first-order valence-corrected chi connectivity index (χ1v) is 9.91. The number of guanidine groups is 1. The van der Waals surface area contributed by atoms with Crippen molar-refractivity contribution < 1.29 is 4.79 Å². The second-order valence-corrected chi connectivity index (χ2v) is 7.91. The Morgan fingerprint density at radius 3 is 2.48 bits per heavy atom. The maximum absolute atomic E-state index is 11.4. The number of piperidine rings is 1. The highest BCUT2D eigenvalue weighted by molar-refractivity contribution is 5.80. The highest BCUT2D eigenvalue weighted by atomic mass is 16.2. The van der Waals surface area contributed by atoms with E-state index in [0.717, 1.165) is 58.3 Å². The van der Waals surface area contributed by atoms with Gasteiger partial charge in [0.1, 0.15) is 0 Å². The molecular formula is C19H37N5O. The topological polar surface area (TPSA) is 51.2 Å². The molecule has 0 aromatic carbocycles. The third kappa shape index (κ3) is 5.87. The van der Waals surface area contributed by atoms with E-state index in [4.69, 9.17) is 0 Å². The maximum atomic E-state index is 11.4. The summed E-state index contributed by atoms with van der Waals surface area (Å²) < 4.78 is 0. The zero-order valence-electron chi connectivity index (χ0n) is 16.7. The Bertz CT molecular complexity index is 455. The van der Waals surface area contributed by atoms with Crippen LogP contribution in [0.25, 0.3) is 0 Å². The van der Waals surface area contributed by atoms with Gasteiger partial charge in [0.25, 0.3) is 0 Å². The molecule has 1 N–H and O–H groups in total. The molecule has 6 nitrogen and oxygen atoms in total. The molecule has 0 aromatic heterocycles. The number of piperazine rings is 1. The number of nitrogens with zero attached hydrogens (tertiary/aromatic N) is 4. The number of rotatable bonds is 5. The number of nitrogens with one attached hydrogen (secondary N) is 1. The van der Waals surface area contributed by atoms with E-state index in [0.29, 0.717) is 5.41 Å². The van der Waals surface area contributed by atoms with E-state index in [2.05, 4.69) is 34.0 Å². The van der Waals surface area contributed by atoms with Crippen molar-refractivity contribution in [1.82, 2.24) is 20.0 Å². The molecule has 0 saturated carbocycles. The van der Waals surface area contributed by atoms with Gasteiger partial charge < -0.3 is 15.1 Å². The number of hydrogen-bond acceptors (Lipinski definition) is 3. The molecular weight excluding hydrogens is 314 g/mol. The van der Waals surface area contributed by atoms with Crippen molar-refractivity contribution in [2.75, 3.05) is 59.4 Å². The molecule has 2 heterocycles. The Hall–Kier alpha value is -1.30. The van der Waals surface area contributed by atoms with Crippen LogP contribution in [0.2, 0.25) is 0 Å². The monoisotopic (exact) mass is 351 g/mol. The van der Waals surface area contributed by atoms with Crippen molar-refractivity contribution in [3.63, 3.8) is 0 Å². The molecule has 144 valence electrons. The number of carbonyl (C=O) groups excluding carboxylic acids is 1. The number of likely N-dealkylation sites (tertiary alicyclic amines) is 1. The van der Waals surface area contributed by atoms with Crippen LogP contribution >= 0.6 is 0 Å². The lowest BCUT2D eigenvalue weighted by Crippen LogP contribution is -2.52. The lowest BCUT2D eigenvalue weighted by Gasteiger charge is -2.42. The first-order valence-electron chi connectivity index (χ1n) is 9.91. The first kappa shape index (κ1) is 20.0. The molecule has 2 aliphatic heterocycles. The molecule has 2 rings (SSSR count). The number of carbonyl (C=O) groups is 1. The summed E-state index contributed by atoms with van der Waals surface area (Å²) in [5.41, 5.74) is 0.424. The largest absolute Gasteiger partial charge is 0.355 e. The van der Waals surface area contributed by atoms with Gasteiger partial charge in [0, 0.05) is 66.3 Å². The van der Waals surface area contributed by atoms with E-state index in [1.807, 2.05) is 11.9 Å². The molecule has 2 saturated heterocycles.